The monoisotopic (exact) mass is 263 g/mol. The Balaban J connectivity index is 1.80. The van der Waals surface area contributed by atoms with Crippen molar-refractivity contribution in [3.8, 4) is 0 Å². The molecule has 0 saturated heterocycles. The van der Waals surface area contributed by atoms with E-state index in [4.69, 9.17) is 4.74 Å². The van der Waals surface area contributed by atoms with Crippen LogP contribution in [0.2, 0.25) is 0 Å². The molecular weight excluding hydrogens is 240 g/mol. The van der Waals surface area contributed by atoms with E-state index in [0.717, 1.165) is 45.3 Å². The van der Waals surface area contributed by atoms with Crippen LogP contribution in [0.25, 0.3) is 0 Å². The number of ether oxygens (including phenoxy) is 2. The Morgan fingerprint density at radius 1 is 0.842 bits per heavy atom. The first kappa shape index (κ1) is 15.7. The van der Waals surface area contributed by atoms with Crippen LogP contribution in [0.4, 0.5) is 0 Å². The Labute approximate surface area is 115 Å². The second kappa shape index (κ2) is 11.7. The van der Waals surface area contributed by atoms with Gasteiger partial charge in [0, 0.05) is 13.2 Å². The molecule has 0 amide bonds. The smallest absolute Gasteiger partial charge is 0.417 e. The summed E-state index contributed by atoms with van der Waals surface area (Å²) in [6.45, 7) is 3.54. The molecule has 0 fully saturated rings. The van der Waals surface area contributed by atoms with Crippen molar-refractivity contribution < 1.29 is 14.3 Å². The van der Waals surface area contributed by atoms with Gasteiger partial charge < -0.3 is 9.47 Å². The molecule has 1 aromatic carbocycles. The van der Waals surface area contributed by atoms with Crippen molar-refractivity contribution in [2.24, 2.45) is 0 Å². The molecule has 0 aromatic heterocycles. The third-order valence-corrected chi connectivity index (χ3v) is 2.94. The molecule has 1 aromatic rings. The van der Waals surface area contributed by atoms with Crippen LogP contribution in [0.5, 0.6) is 0 Å². The van der Waals surface area contributed by atoms with E-state index in [2.05, 4.69) is 29.0 Å². The van der Waals surface area contributed by atoms with Crippen LogP contribution in [0, 0.1) is 0 Å². The molecule has 3 nitrogen and oxygen atoms in total. The summed E-state index contributed by atoms with van der Waals surface area (Å²) < 4.78 is 10.0. The number of aryl methyl sites for hydroxylation is 1. The number of hydrogen-bond acceptors (Lipinski definition) is 3. The summed E-state index contributed by atoms with van der Waals surface area (Å²) in [5.41, 5.74) is 1.40. The van der Waals surface area contributed by atoms with E-state index in [9.17, 15) is 4.79 Å². The van der Waals surface area contributed by atoms with Gasteiger partial charge in [-0.15, -0.1) is 0 Å². The van der Waals surface area contributed by atoms with Gasteiger partial charge in [-0.3, -0.25) is 0 Å². The Morgan fingerprint density at radius 2 is 1.53 bits per heavy atom. The van der Waals surface area contributed by atoms with Crippen molar-refractivity contribution in [3.63, 3.8) is 0 Å². The minimum atomic E-state index is 0.473. The first-order valence-corrected chi connectivity index (χ1v) is 7.04. The molecular formula is C16H23O3. The maximum absolute atomic E-state index is 9.77. The third kappa shape index (κ3) is 9.25. The molecule has 0 aliphatic carbocycles. The maximum Gasteiger partial charge on any atom is 0.417 e. The van der Waals surface area contributed by atoms with Crippen LogP contribution in [-0.4, -0.2) is 26.3 Å². The number of unbranched alkanes of at least 4 members (excludes halogenated alkanes) is 3. The van der Waals surface area contributed by atoms with Crippen molar-refractivity contribution in [3.05, 3.63) is 35.9 Å². The summed E-state index contributed by atoms with van der Waals surface area (Å²) in [7, 11) is 0. The highest BCUT2D eigenvalue weighted by Crippen LogP contribution is 2.04. The number of carbonyl (C=O) groups excluding carboxylic acids is 1. The van der Waals surface area contributed by atoms with Gasteiger partial charge in [0.25, 0.3) is 0 Å². The second-order valence-electron chi connectivity index (χ2n) is 4.55. The quantitative estimate of drug-likeness (QED) is 0.543. The Bertz CT molecular complexity index is 311. The van der Waals surface area contributed by atoms with Gasteiger partial charge in [-0.25, -0.2) is 4.79 Å². The molecule has 1 rings (SSSR count). The highest BCUT2D eigenvalue weighted by atomic mass is 16.5. The molecule has 0 bridgehead atoms. The Hall–Kier alpha value is -1.35. The fourth-order valence-electron chi connectivity index (χ4n) is 1.88. The summed E-state index contributed by atoms with van der Waals surface area (Å²) in [6, 6.07) is 10.5. The van der Waals surface area contributed by atoms with Crippen molar-refractivity contribution in [1.29, 1.82) is 0 Å². The van der Waals surface area contributed by atoms with Crippen LogP contribution in [0.1, 0.15) is 37.7 Å². The predicted molar refractivity (Wildman–Crippen MR) is 75.7 cm³/mol. The highest BCUT2D eigenvalue weighted by Gasteiger charge is 1.94. The van der Waals surface area contributed by atoms with Gasteiger partial charge in [-0.1, -0.05) is 30.3 Å². The van der Waals surface area contributed by atoms with Crippen molar-refractivity contribution in [2.45, 2.75) is 38.5 Å². The Morgan fingerprint density at radius 3 is 2.26 bits per heavy atom. The van der Waals surface area contributed by atoms with E-state index in [1.807, 2.05) is 6.07 Å². The van der Waals surface area contributed by atoms with Gasteiger partial charge in [0.05, 0.1) is 6.61 Å². The average Bonchev–Trinajstić information content (AvgIpc) is 2.46. The zero-order valence-corrected chi connectivity index (χ0v) is 11.5. The van der Waals surface area contributed by atoms with Crippen molar-refractivity contribution >= 4 is 6.47 Å². The van der Waals surface area contributed by atoms with Gasteiger partial charge in [-0.2, -0.15) is 0 Å². The fourth-order valence-corrected chi connectivity index (χ4v) is 1.88. The maximum atomic E-state index is 9.77. The number of benzene rings is 1. The lowest BCUT2D eigenvalue weighted by Gasteiger charge is -2.04. The highest BCUT2D eigenvalue weighted by molar-refractivity contribution is 5.37. The van der Waals surface area contributed by atoms with Crippen LogP contribution in [-0.2, 0) is 20.7 Å². The molecule has 105 valence electrons. The molecule has 1 radical (unpaired) electrons. The number of rotatable bonds is 12. The van der Waals surface area contributed by atoms with Crippen LogP contribution >= 0.6 is 0 Å². The SMILES string of the molecule is O=[C]OCCCCCOCCCCc1ccccc1. The third-order valence-electron chi connectivity index (χ3n) is 2.94. The van der Waals surface area contributed by atoms with E-state index < -0.39 is 0 Å². The second-order valence-corrected chi connectivity index (χ2v) is 4.55. The summed E-state index contributed by atoms with van der Waals surface area (Å²) >= 11 is 0. The number of hydrogen-bond donors (Lipinski definition) is 0. The van der Waals surface area contributed by atoms with Crippen LogP contribution in [0.15, 0.2) is 30.3 Å². The van der Waals surface area contributed by atoms with E-state index in [1.54, 1.807) is 0 Å². The summed E-state index contributed by atoms with van der Waals surface area (Å²) in [4.78, 5) is 9.77. The standard InChI is InChI=1S/C16H23O3/c17-15-19-14-7-2-6-12-18-13-8-5-11-16-9-3-1-4-10-16/h1,3-4,9-10H,2,5-8,11-14H2. The minimum Gasteiger partial charge on any atom is -0.457 e. The molecule has 0 unspecified atom stereocenters. The largest absolute Gasteiger partial charge is 0.457 e. The zero-order chi connectivity index (χ0) is 13.6. The van der Waals surface area contributed by atoms with Crippen molar-refractivity contribution in [2.75, 3.05) is 19.8 Å². The molecule has 0 aliphatic heterocycles. The first-order chi connectivity index (χ1) is 9.43. The fraction of sp³-hybridized carbons (Fsp3) is 0.562. The summed E-state index contributed by atoms with van der Waals surface area (Å²) in [5.74, 6) is 0. The van der Waals surface area contributed by atoms with E-state index in [-0.39, 0.29) is 0 Å². The zero-order valence-electron chi connectivity index (χ0n) is 11.5. The van der Waals surface area contributed by atoms with Crippen LogP contribution < -0.4 is 0 Å². The first-order valence-electron chi connectivity index (χ1n) is 7.04. The summed E-state index contributed by atoms with van der Waals surface area (Å²) in [6.07, 6.45) is 6.37. The van der Waals surface area contributed by atoms with E-state index in [1.165, 1.54) is 18.5 Å². The van der Waals surface area contributed by atoms with Gasteiger partial charge in [-0.05, 0) is 44.1 Å². The van der Waals surface area contributed by atoms with E-state index in [0.29, 0.717) is 6.61 Å². The topological polar surface area (TPSA) is 35.5 Å². The molecule has 0 N–H and O–H groups in total. The Kier molecular flexibility index (Phi) is 9.69. The van der Waals surface area contributed by atoms with Gasteiger partial charge in [0.15, 0.2) is 0 Å². The molecule has 19 heavy (non-hydrogen) atoms. The lowest BCUT2D eigenvalue weighted by atomic mass is 10.1. The summed E-state index contributed by atoms with van der Waals surface area (Å²) in [5, 5.41) is 0. The minimum absolute atomic E-state index is 0.473. The van der Waals surface area contributed by atoms with Gasteiger partial charge >= 0.3 is 6.47 Å². The lowest BCUT2D eigenvalue weighted by molar-refractivity contribution is 0.125. The van der Waals surface area contributed by atoms with Crippen LogP contribution in [0.3, 0.4) is 0 Å². The van der Waals surface area contributed by atoms with Gasteiger partial charge in [0.2, 0.25) is 0 Å². The lowest BCUT2D eigenvalue weighted by Crippen LogP contribution is -1.99. The molecule has 0 spiro atoms. The normalized spacial score (nSPS) is 10.3. The van der Waals surface area contributed by atoms with E-state index >= 15 is 0 Å². The molecule has 3 heteroatoms. The van der Waals surface area contributed by atoms with Crippen molar-refractivity contribution in [1.82, 2.24) is 0 Å². The molecule has 0 atom stereocenters. The predicted octanol–water partition coefficient (Wildman–Crippen LogP) is 3.28. The average molecular weight is 263 g/mol. The van der Waals surface area contributed by atoms with Gasteiger partial charge in [0.1, 0.15) is 0 Å². The molecule has 0 aliphatic rings. The molecule has 0 heterocycles. The molecule has 0 saturated carbocycles.